The average molecular weight is 253 g/mol. The number of carboxylic acid groups (broad SMARTS) is 1. The molecule has 0 unspecified atom stereocenters. The fraction of sp³-hybridized carbons (Fsp3) is 0.273. The van der Waals surface area contributed by atoms with Crippen LogP contribution in [0.15, 0.2) is 21.9 Å². The number of hydrogen-bond acceptors (Lipinski definition) is 5. The molecule has 0 fully saturated rings. The molecule has 0 radical (unpaired) electrons. The van der Waals surface area contributed by atoms with E-state index in [2.05, 4.69) is 4.98 Å². The van der Waals surface area contributed by atoms with E-state index >= 15 is 0 Å². The summed E-state index contributed by atoms with van der Waals surface area (Å²) in [5.41, 5.74) is -0.0816. The summed E-state index contributed by atoms with van der Waals surface area (Å²) < 4.78 is 10.6. The molecule has 0 amide bonds. The van der Waals surface area contributed by atoms with Crippen LogP contribution < -0.4 is 0 Å². The van der Waals surface area contributed by atoms with Gasteiger partial charge in [-0.2, -0.15) is 0 Å². The van der Waals surface area contributed by atoms with Crippen molar-refractivity contribution in [1.82, 2.24) is 4.98 Å². The van der Waals surface area contributed by atoms with Crippen molar-refractivity contribution in [3.63, 3.8) is 0 Å². The van der Waals surface area contributed by atoms with Crippen molar-refractivity contribution in [3.8, 4) is 10.8 Å². The minimum atomic E-state index is -1.11. The molecule has 1 N–H and O–H groups in total. The number of rotatable bonds is 5. The number of aromatic nitrogens is 1. The SMILES string of the molecule is CCOCc1oc(-c2cccs2)nc1C(=O)O. The van der Waals surface area contributed by atoms with Gasteiger partial charge >= 0.3 is 5.97 Å². The lowest BCUT2D eigenvalue weighted by Gasteiger charge is -1.96. The summed E-state index contributed by atoms with van der Waals surface area (Å²) in [5.74, 6) is -0.527. The van der Waals surface area contributed by atoms with Crippen LogP contribution in [0.2, 0.25) is 0 Å². The lowest BCUT2D eigenvalue weighted by atomic mass is 10.3. The lowest BCUT2D eigenvalue weighted by molar-refractivity contribution is 0.0677. The van der Waals surface area contributed by atoms with Crippen LogP contribution in [0.4, 0.5) is 0 Å². The predicted molar refractivity (Wildman–Crippen MR) is 62.1 cm³/mol. The second-order valence-corrected chi connectivity index (χ2v) is 4.16. The van der Waals surface area contributed by atoms with Gasteiger partial charge in [0.05, 0.1) is 4.88 Å². The summed E-state index contributed by atoms with van der Waals surface area (Å²) in [6.07, 6.45) is 0. The van der Waals surface area contributed by atoms with Gasteiger partial charge in [-0.3, -0.25) is 0 Å². The number of nitrogens with zero attached hydrogens (tertiary/aromatic N) is 1. The maximum Gasteiger partial charge on any atom is 0.358 e. The number of thiophene rings is 1. The van der Waals surface area contributed by atoms with Crippen molar-refractivity contribution >= 4 is 17.3 Å². The zero-order valence-electron chi connectivity index (χ0n) is 9.17. The summed E-state index contributed by atoms with van der Waals surface area (Å²) in [7, 11) is 0. The Kier molecular flexibility index (Phi) is 3.55. The quantitative estimate of drug-likeness (QED) is 0.886. The Hall–Kier alpha value is -1.66. The van der Waals surface area contributed by atoms with Gasteiger partial charge in [-0.1, -0.05) is 6.07 Å². The average Bonchev–Trinajstić information content (AvgIpc) is 2.94. The van der Waals surface area contributed by atoms with Crippen LogP contribution in [-0.2, 0) is 11.3 Å². The predicted octanol–water partition coefficient (Wildman–Crippen LogP) is 2.64. The lowest BCUT2D eigenvalue weighted by Crippen LogP contribution is -2.02. The van der Waals surface area contributed by atoms with Crippen LogP contribution in [0, 0.1) is 0 Å². The van der Waals surface area contributed by atoms with Gasteiger partial charge in [0.1, 0.15) is 6.61 Å². The standard InChI is InChI=1S/C11H11NO4S/c1-2-15-6-7-9(11(13)14)12-10(16-7)8-4-3-5-17-8/h3-5H,2,6H2,1H3,(H,13,14). The molecule has 0 aliphatic carbocycles. The fourth-order valence-electron chi connectivity index (χ4n) is 1.32. The van der Waals surface area contributed by atoms with Gasteiger partial charge in [0.2, 0.25) is 5.89 Å². The van der Waals surface area contributed by atoms with Gasteiger partial charge in [0, 0.05) is 6.61 Å². The van der Waals surface area contributed by atoms with E-state index in [-0.39, 0.29) is 18.1 Å². The first-order chi connectivity index (χ1) is 8.22. The third-order valence-corrected chi connectivity index (χ3v) is 2.93. The molecule has 17 heavy (non-hydrogen) atoms. The Morgan fingerprint density at radius 3 is 3.06 bits per heavy atom. The Bertz CT molecular complexity index is 504. The number of carboxylic acids is 1. The Morgan fingerprint density at radius 2 is 2.47 bits per heavy atom. The second-order valence-electron chi connectivity index (χ2n) is 3.21. The van der Waals surface area contributed by atoms with E-state index in [1.54, 1.807) is 0 Å². The fourth-order valence-corrected chi connectivity index (χ4v) is 1.97. The molecule has 90 valence electrons. The molecule has 0 saturated heterocycles. The topological polar surface area (TPSA) is 72.6 Å². The van der Waals surface area contributed by atoms with Crippen molar-refractivity contribution in [2.24, 2.45) is 0 Å². The van der Waals surface area contributed by atoms with Crippen LogP contribution >= 0.6 is 11.3 Å². The smallest absolute Gasteiger partial charge is 0.358 e. The largest absolute Gasteiger partial charge is 0.476 e. The molecule has 0 saturated carbocycles. The van der Waals surface area contributed by atoms with Gasteiger partial charge in [0.15, 0.2) is 11.5 Å². The molecular weight excluding hydrogens is 242 g/mol. The first-order valence-electron chi connectivity index (χ1n) is 5.07. The van der Waals surface area contributed by atoms with Crippen molar-refractivity contribution in [2.75, 3.05) is 6.61 Å². The van der Waals surface area contributed by atoms with E-state index < -0.39 is 5.97 Å². The van der Waals surface area contributed by atoms with Crippen LogP contribution in [0.1, 0.15) is 23.2 Å². The number of hydrogen-bond donors (Lipinski definition) is 1. The van der Waals surface area contributed by atoms with E-state index in [1.165, 1.54) is 11.3 Å². The summed E-state index contributed by atoms with van der Waals surface area (Å²) in [5, 5.41) is 10.9. The highest BCUT2D eigenvalue weighted by molar-refractivity contribution is 7.13. The zero-order valence-corrected chi connectivity index (χ0v) is 9.99. The number of aromatic carboxylic acids is 1. The van der Waals surface area contributed by atoms with Crippen LogP contribution in [0.5, 0.6) is 0 Å². The van der Waals surface area contributed by atoms with Crippen molar-refractivity contribution in [3.05, 3.63) is 29.0 Å². The summed E-state index contributed by atoms with van der Waals surface area (Å²) in [6.45, 7) is 2.45. The number of carbonyl (C=O) groups is 1. The number of ether oxygens (including phenoxy) is 1. The van der Waals surface area contributed by atoms with Crippen LogP contribution in [0.3, 0.4) is 0 Å². The molecule has 2 heterocycles. The molecule has 0 spiro atoms. The van der Waals surface area contributed by atoms with Crippen molar-refractivity contribution < 1.29 is 19.1 Å². The molecule has 0 aliphatic rings. The summed E-state index contributed by atoms with van der Waals surface area (Å²) >= 11 is 1.44. The normalized spacial score (nSPS) is 10.6. The Labute approximate surface area is 102 Å². The molecule has 0 bridgehead atoms. The monoisotopic (exact) mass is 253 g/mol. The van der Waals surface area contributed by atoms with E-state index in [1.807, 2.05) is 24.4 Å². The maximum absolute atomic E-state index is 11.0. The summed E-state index contributed by atoms with van der Waals surface area (Å²) in [4.78, 5) is 15.8. The molecule has 2 rings (SSSR count). The maximum atomic E-state index is 11.0. The van der Waals surface area contributed by atoms with Crippen LogP contribution in [-0.4, -0.2) is 22.7 Å². The van der Waals surface area contributed by atoms with Gasteiger partial charge in [-0.25, -0.2) is 9.78 Å². The van der Waals surface area contributed by atoms with Gasteiger partial charge in [0.25, 0.3) is 0 Å². The van der Waals surface area contributed by atoms with E-state index in [9.17, 15) is 4.79 Å². The van der Waals surface area contributed by atoms with Gasteiger partial charge < -0.3 is 14.3 Å². The molecule has 0 atom stereocenters. The molecule has 0 aliphatic heterocycles. The minimum absolute atomic E-state index is 0.0816. The van der Waals surface area contributed by atoms with Crippen molar-refractivity contribution in [2.45, 2.75) is 13.5 Å². The first kappa shape index (κ1) is 11.8. The van der Waals surface area contributed by atoms with E-state index in [0.717, 1.165) is 4.88 Å². The third-order valence-electron chi connectivity index (χ3n) is 2.07. The molecule has 0 aromatic carbocycles. The highest BCUT2D eigenvalue weighted by Crippen LogP contribution is 2.26. The number of oxazole rings is 1. The third kappa shape index (κ3) is 2.54. The Morgan fingerprint density at radius 1 is 1.65 bits per heavy atom. The zero-order chi connectivity index (χ0) is 12.3. The molecule has 6 heteroatoms. The molecule has 2 aromatic heterocycles. The second kappa shape index (κ2) is 5.11. The Balaban J connectivity index is 2.34. The van der Waals surface area contributed by atoms with Gasteiger partial charge in [-0.15, -0.1) is 11.3 Å². The van der Waals surface area contributed by atoms with Crippen LogP contribution in [0.25, 0.3) is 10.8 Å². The highest BCUT2D eigenvalue weighted by atomic mass is 32.1. The van der Waals surface area contributed by atoms with E-state index in [0.29, 0.717) is 12.5 Å². The van der Waals surface area contributed by atoms with Crippen molar-refractivity contribution in [1.29, 1.82) is 0 Å². The van der Waals surface area contributed by atoms with E-state index in [4.69, 9.17) is 14.3 Å². The van der Waals surface area contributed by atoms with Gasteiger partial charge in [-0.05, 0) is 18.4 Å². The first-order valence-corrected chi connectivity index (χ1v) is 5.95. The molecular formula is C11H11NO4S. The molecule has 5 nitrogen and oxygen atoms in total. The summed E-state index contributed by atoms with van der Waals surface area (Å²) in [6, 6.07) is 3.68. The highest BCUT2D eigenvalue weighted by Gasteiger charge is 2.20. The minimum Gasteiger partial charge on any atom is -0.476 e. The molecule has 2 aromatic rings.